The molecule has 1 aromatic heterocycles. The molecule has 2 heterocycles. The number of thioether (sulfide) groups is 1. The molecule has 0 unspecified atom stereocenters. The van der Waals surface area contributed by atoms with E-state index in [0.29, 0.717) is 27.8 Å². The second-order valence-electron chi connectivity index (χ2n) is 5.98. The third kappa shape index (κ3) is 3.67. The molecule has 0 saturated carbocycles. The average molecular weight is 427 g/mol. The summed E-state index contributed by atoms with van der Waals surface area (Å²) in [6.07, 6.45) is 1.46. The molecular formula is C20H11ClN2O5S. The molecular weight excluding hydrogens is 416 g/mol. The van der Waals surface area contributed by atoms with E-state index < -0.39 is 16.1 Å². The Kier molecular flexibility index (Phi) is 4.96. The number of imide groups is 1. The fraction of sp³-hybridized carbons (Fsp3) is 0. The van der Waals surface area contributed by atoms with E-state index in [1.807, 2.05) is 0 Å². The van der Waals surface area contributed by atoms with Crippen molar-refractivity contribution in [3.63, 3.8) is 0 Å². The predicted molar refractivity (Wildman–Crippen MR) is 111 cm³/mol. The number of benzene rings is 2. The van der Waals surface area contributed by atoms with Crippen molar-refractivity contribution >= 4 is 52.0 Å². The molecule has 0 bridgehead atoms. The number of rotatable bonds is 4. The zero-order chi connectivity index (χ0) is 20.5. The number of furan rings is 1. The fourth-order valence-electron chi connectivity index (χ4n) is 2.79. The second-order valence-corrected chi connectivity index (χ2v) is 7.38. The molecule has 2 amide bonds. The maximum absolute atomic E-state index is 12.6. The number of halogens is 1. The Bertz CT molecular complexity index is 1170. The van der Waals surface area contributed by atoms with E-state index in [-0.39, 0.29) is 10.6 Å². The summed E-state index contributed by atoms with van der Waals surface area (Å²) in [7, 11) is 0. The molecule has 1 saturated heterocycles. The molecule has 1 fully saturated rings. The normalized spacial score (nSPS) is 15.3. The monoisotopic (exact) mass is 426 g/mol. The summed E-state index contributed by atoms with van der Waals surface area (Å²) in [5.41, 5.74) is 0.728. The van der Waals surface area contributed by atoms with Crippen LogP contribution < -0.4 is 4.90 Å². The van der Waals surface area contributed by atoms with Crippen LogP contribution in [0.2, 0.25) is 5.02 Å². The highest BCUT2D eigenvalue weighted by Crippen LogP contribution is 2.37. The summed E-state index contributed by atoms with van der Waals surface area (Å²) >= 11 is 6.95. The summed E-state index contributed by atoms with van der Waals surface area (Å²) in [5.74, 6) is 0.186. The van der Waals surface area contributed by atoms with Crippen LogP contribution in [-0.4, -0.2) is 16.1 Å². The Morgan fingerprint density at radius 1 is 1.07 bits per heavy atom. The van der Waals surface area contributed by atoms with Crippen LogP contribution in [0.15, 0.2) is 70.0 Å². The highest BCUT2D eigenvalue weighted by atomic mass is 35.5. The van der Waals surface area contributed by atoms with Crippen LogP contribution >= 0.6 is 23.4 Å². The van der Waals surface area contributed by atoms with Crippen molar-refractivity contribution in [2.75, 3.05) is 4.90 Å². The van der Waals surface area contributed by atoms with Crippen LogP contribution in [0.3, 0.4) is 0 Å². The van der Waals surface area contributed by atoms with Gasteiger partial charge < -0.3 is 4.42 Å². The van der Waals surface area contributed by atoms with Crippen LogP contribution in [0, 0.1) is 10.1 Å². The van der Waals surface area contributed by atoms with E-state index in [2.05, 4.69) is 0 Å². The first kappa shape index (κ1) is 19.0. The molecule has 1 aliphatic heterocycles. The van der Waals surface area contributed by atoms with Crippen molar-refractivity contribution in [2.45, 2.75) is 0 Å². The lowest BCUT2D eigenvalue weighted by molar-refractivity contribution is -0.384. The van der Waals surface area contributed by atoms with Gasteiger partial charge in [-0.3, -0.25) is 19.7 Å². The molecule has 0 atom stereocenters. The van der Waals surface area contributed by atoms with Crippen LogP contribution in [0.4, 0.5) is 16.2 Å². The van der Waals surface area contributed by atoms with E-state index in [4.69, 9.17) is 16.0 Å². The first-order chi connectivity index (χ1) is 13.9. The summed E-state index contributed by atoms with van der Waals surface area (Å²) in [6.45, 7) is 0. The van der Waals surface area contributed by atoms with Gasteiger partial charge in [-0.1, -0.05) is 29.8 Å². The highest BCUT2D eigenvalue weighted by Gasteiger charge is 2.36. The van der Waals surface area contributed by atoms with E-state index in [1.165, 1.54) is 24.3 Å². The number of nitro benzene ring substituents is 1. The second kappa shape index (κ2) is 7.57. The number of nitrogens with zero attached hydrogens (tertiary/aromatic N) is 2. The van der Waals surface area contributed by atoms with Gasteiger partial charge in [-0.05, 0) is 42.1 Å². The summed E-state index contributed by atoms with van der Waals surface area (Å²) in [6, 6.07) is 15.9. The van der Waals surface area contributed by atoms with Crippen LogP contribution in [0.5, 0.6) is 0 Å². The minimum Gasteiger partial charge on any atom is -0.457 e. The molecule has 0 N–H and O–H groups in total. The number of amides is 2. The van der Waals surface area contributed by atoms with Gasteiger partial charge in [0.05, 0.1) is 20.5 Å². The zero-order valence-corrected chi connectivity index (χ0v) is 16.1. The van der Waals surface area contributed by atoms with Gasteiger partial charge in [0.2, 0.25) is 0 Å². The number of hydrogen-bond donors (Lipinski definition) is 0. The SMILES string of the molecule is O=C1S/C(=C/c2ccc(-c3cc([N+](=O)[O-])ccc3Cl)o2)C(=O)N1c1ccccc1. The van der Waals surface area contributed by atoms with Gasteiger partial charge in [-0.2, -0.15) is 0 Å². The molecule has 0 aliphatic carbocycles. The van der Waals surface area contributed by atoms with E-state index >= 15 is 0 Å². The third-order valence-corrected chi connectivity index (χ3v) is 5.33. The van der Waals surface area contributed by atoms with E-state index in [0.717, 1.165) is 16.7 Å². The number of anilines is 1. The van der Waals surface area contributed by atoms with Gasteiger partial charge in [0.25, 0.3) is 16.8 Å². The Balaban J connectivity index is 1.64. The largest absolute Gasteiger partial charge is 0.457 e. The van der Waals surface area contributed by atoms with E-state index in [9.17, 15) is 19.7 Å². The smallest absolute Gasteiger partial charge is 0.298 e. The molecule has 2 aromatic carbocycles. The molecule has 0 radical (unpaired) electrons. The topological polar surface area (TPSA) is 93.7 Å². The zero-order valence-electron chi connectivity index (χ0n) is 14.6. The lowest BCUT2D eigenvalue weighted by Gasteiger charge is -2.11. The van der Waals surface area contributed by atoms with Crippen molar-refractivity contribution in [1.29, 1.82) is 0 Å². The minimum absolute atomic E-state index is 0.119. The molecule has 4 rings (SSSR count). The number of non-ortho nitro benzene ring substituents is 1. The number of para-hydroxylation sites is 1. The lowest BCUT2D eigenvalue weighted by Crippen LogP contribution is -2.27. The van der Waals surface area contributed by atoms with Crippen LogP contribution in [0.1, 0.15) is 5.76 Å². The van der Waals surface area contributed by atoms with Gasteiger partial charge >= 0.3 is 0 Å². The van der Waals surface area contributed by atoms with Crippen molar-refractivity contribution < 1.29 is 18.9 Å². The number of carbonyl (C=O) groups excluding carboxylic acids is 2. The number of nitro groups is 1. The summed E-state index contributed by atoms with van der Waals surface area (Å²) < 4.78 is 5.69. The number of carbonyl (C=O) groups is 2. The van der Waals surface area contributed by atoms with Crippen molar-refractivity contribution in [1.82, 2.24) is 0 Å². The van der Waals surface area contributed by atoms with Crippen LogP contribution in [0.25, 0.3) is 17.4 Å². The third-order valence-electron chi connectivity index (χ3n) is 4.13. The highest BCUT2D eigenvalue weighted by molar-refractivity contribution is 8.19. The Labute approximate surface area is 173 Å². The maximum Gasteiger partial charge on any atom is 0.298 e. The minimum atomic E-state index is -0.525. The number of hydrogen-bond acceptors (Lipinski definition) is 6. The molecule has 29 heavy (non-hydrogen) atoms. The maximum atomic E-state index is 12.6. The van der Waals surface area contributed by atoms with Gasteiger partial charge in [-0.25, -0.2) is 4.90 Å². The Morgan fingerprint density at radius 2 is 1.83 bits per heavy atom. The van der Waals surface area contributed by atoms with Crippen molar-refractivity contribution in [3.8, 4) is 11.3 Å². The Hall–Kier alpha value is -3.36. The summed E-state index contributed by atoms with van der Waals surface area (Å²) in [5, 5.41) is 10.9. The van der Waals surface area contributed by atoms with Gasteiger partial charge in [0.15, 0.2) is 0 Å². The van der Waals surface area contributed by atoms with E-state index in [1.54, 1.807) is 42.5 Å². The Morgan fingerprint density at radius 3 is 2.55 bits per heavy atom. The molecule has 144 valence electrons. The van der Waals surface area contributed by atoms with Gasteiger partial charge in [0.1, 0.15) is 11.5 Å². The first-order valence-corrected chi connectivity index (χ1v) is 9.50. The standard InChI is InChI=1S/C20H11ClN2O5S/c21-16-8-6-13(23(26)27)10-15(16)17-9-7-14(28-17)11-18-19(24)22(20(25)29-18)12-4-2-1-3-5-12/h1-11H/b18-11+. The fourth-order valence-corrected chi connectivity index (χ4v) is 3.82. The quantitative estimate of drug-likeness (QED) is 0.299. The van der Waals surface area contributed by atoms with Crippen molar-refractivity contribution in [3.05, 3.63) is 86.5 Å². The molecule has 3 aromatic rings. The van der Waals surface area contributed by atoms with Crippen LogP contribution in [-0.2, 0) is 4.79 Å². The molecule has 1 aliphatic rings. The molecule has 0 spiro atoms. The van der Waals surface area contributed by atoms with Gasteiger partial charge in [-0.15, -0.1) is 0 Å². The van der Waals surface area contributed by atoms with Gasteiger partial charge in [0, 0.05) is 23.8 Å². The lowest BCUT2D eigenvalue weighted by atomic mass is 10.1. The van der Waals surface area contributed by atoms with Crippen molar-refractivity contribution in [2.24, 2.45) is 0 Å². The average Bonchev–Trinajstić information content (AvgIpc) is 3.27. The summed E-state index contributed by atoms with van der Waals surface area (Å²) in [4.78, 5) is 36.7. The molecule has 7 nitrogen and oxygen atoms in total. The predicted octanol–water partition coefficient (Wildman–Crippen LogP) is 5.75. The first-order valence-electron chi connectivity index (χ1n) is 8.31. The molecule has 9 heteroatoms.